The molecule has 0 saturated carbocycles. The second-order valence-electron chi connectivity index (χ2n) is 7.01. The number of halogens is 1. The molecule has 1 aromatic carbocycles. The van der Waals surface area contributed by atoms with Gasteiger partial charge in [0.1, 0.15) is 11.9 Å². The fraction of sp³-hybridized carbons (Fsp3) is 0.500. The molecule has 2 N–H and O–H groups in total. The van der Waals surface area contributed by atoms with E-state index in [0.29, 0.717) is 37.6 Å². The molecule has 0 bridgehead atoms. The Morgan fingerprint density at radius 3 is 2.21 bits per heavy atom. The van der Waals surface area contributed by atoms with Crippen LogP contribution in [-0.4, -0.2) is 73.3 Å². The highest BCUT2D eigenvalue weighted by molar-refractivity contribution is 5.90. The Morgan fingerprint density at radius 2 is 1.68 bits per heavy atom. The van der Waals surface area contributed by atoms with Crippen molar-refractivity contribution in [2.75, 3.05) is 49.1 Å². The number of ether oxygens (including phenoxy) is 1. The number of carbonyl (C=O) groups excluding carboxylic acids is 3. The molecule has 150 valence electrons. The Kier molecular flexibility index (Phi) is 4.80. The molecule has 0 aliphatic carbocycles. The maximum Gasteiger partial charge on any atom is 0.414 e. The van der Waals surface area contributed by atoms with Gasteiger partial charge < -0.3 is 15.4 Å². The monoisotopic (exact) mass is 391 g/mol. The van der Waals surface area contributed by atoms with Crippen molar-refractivity contribution >= 4 is 29.3 Å². The smallest absolute Gasteiger partial charge is 0.414 e. The number of carbonyl (C=O) groups is 3. The van der Waals surface area contributed by atoms with E-state index in [0.717, 1.165) is 0 Å². The molecule has 0 spiro atoms. The molecule has 3 heterocycles. The fourth-order valence-corrected chi connectivity index (χ4v) is 3.79. The largest absolute Gasteiger partial charge is 0.443 e. The molecular weight excluding hydrogens is 369 g/mol. The zero-order valence-corrected chi connectivity index (χ0v) is 15.3. The van der Waals surface area contributed by atoms with Gasteiger partial charge in [0.25, 0.3) is 0 Å². The fourth-order valence-electron chi connectivity index (χ4n) is 3.79. The van der Waals surface area contributed by atoms with Crippen molar-refractivity contribution in [3.8, 4) is 0 Å². The van der Waals surface area contributed by atoms with Crippen LogP contribution >= 0.6 is 0 Å². The summed E-state index contributed by atoms with van der Waals surface area (Å²) in [4.78, 5) is 39.3. The SMILES string of the molecule is NC[C@H]1CN(c2ccc(N3CCN4C(=O)CCC(=O)N4CC3)c(F)c2)C(=O)O1. The van der Waals surface area contributed by atoms with Crippen LogP contribution in [0, 0.1) is 5.82 Å². The zero-order valence-electron chi connectivity index (χ0n) is 15.3. The molecule has 10 heteroatoms. The molecule has 4 rings (SSSR count). The van der Waals surface area contributed by atoms with Gasteiger partial charge in [0, 0.05) is 32.5 Å². The number of hydrogen-bond acceptors (Lipinski definition) is 6. The maximum atomic E-state index is 14.8. The van der Waals surface area contributed by atoms with E-state index in [1.165, 1.54) is 21.0 Å². The summed E-state index contributed by atoms with van der Waals surface area (Å²) in [6.07, 6.45) is -0.510. The summed E-state index contributed by atoms with van der Waals surface area (Å²) in [7, 11) is 0. The summed E-state index contributed by atoms with van der Waals surface area (Å²) < 4.78 is 20.0. The first-order chi connectivity index (χ1) is 13.5. The van der Waals surface area contributed by atoms with E-state index in [9.17, 15) is 18.8 Å². The standard InChI is InChI=1S/C18H22FN5O4/c19-14-9-12(22-11-13(10-20)28-18(22)27)1-2-15(14)21-5-7-23-16(25)3-4-17(26)24(23)8-6-21/h1-2,9,13H,3-8,10-11,20H2/t13-/m0/s1. The molecule has 1 atom stereocenters. The summed E-state index contributed by atoms with van der Waals surface area (Å²) in [6.45, 7) is 1.96. The van der Waals surface area contributed by atoms with Crippen LogP contribution in [0.15, 0.2) is 18.2 Å². The van der Waals surface area contributed by atoms with Crippen LogP contribution in [0.1, 0.15) is 12.8 Å². The van der Waals surface area contributed by atoms with E-state index in [-0.39, 0.29) is 37.7 Å². The van der Waals surface area contributed by atoms with Gasteiger partial charge in [0.15, 0.2) is 0 Å². The van der Waals surface area contributed by atoms with Crippen LogP contribution in [0.25, 0.3) is 0 Å². The number of hydrazine groups is 1. The Morgan fingerprint density at radius 1 is 1.04 bits per heavy atom. The van der Waals surface area contributed by atoms with E-state index in [1.807, 2.05) is 4.90 Å². The predicted molar refractivity (Wildman–Crippen MR) is 97.9 cm³/mol. The van der Waals surface area contributed by atoms with Crippen molar-refractivity contribution in [2.45, 2.75) is 18.9 Å². The van der Waals surface area contributed by atoms with Crippen molar-refractivity contribution in [1.82, 2.24) is 10.0 Å². The number of rotatable bonds is 3. The van der Waals surface area contributed by atoms with E-state index >= 15 is 0 Å². The Balaban J connectivity index is 1.51. The third-order valence-electron chi connectivity index (χ3n) is 5.30. The summed E-state index contributed by atoms with van der Waals surface area (Å²) in [5.41, 5.74) is 6.31. The minimum absolute atomic E-state index is 0.0840. The molecule has 3 saturated heterocycles. The molecule has 3 fully saturated rings. The molecule has 3 aliphatic heterocycles. The van der Waals surface area contributed by atoms with Crippen molar-refractivity contribution < 1.29 is 23.5 Å². The van der Waals surface area contributed by atoms with Gasteiger partial charge in [0.2, 0.25) is 11.8 Å². The number of nitrogens with zero attached hydrogens (tertiary/aromatic N) is 4. The van der Waals surface area contributed by atoms with Crippen LogP contribution in [0.2, 0.25) is 0 Å². The number of nitrogens with two attached hydrogens (primary N) is 1. The normalized spacial score (nSPS) is 23.1. The average Bonchev–Trinajstić information content (AvgIpc) is 2.92. The van der Waals surface area contributed by atoms with Gasteiger partial charge in [-0.1, -0.05) is 0 Å². The quantitative estimate of drug-likeness (QED) is 0.796. The highest BCUT2D eigenvalue weighted by Gasteiger charge is 2.35. The van der Waals surface area contributed by atoms with Crippen LogP contribution in [0.4, 0.5) is 20.6 Å². The van der Waals surface area contributed by atoms with Crippen molar-refractivity contribution in [3.05, 3.63) is 24.0 Å². The second kappa shape index (κ2) is 7.27. The molecule has 0 radical (unpaired) electrons. The highest BCUT2D eigenvalue weighted by Crippen LogP contribution is 2.29. The first kappa shape index (κ1) is 18.5. The van der Waals surface area contributed by atoms with Crippen LogP contribution in [0.3, 0.4) is 0 Å². The lowest BCUT2D eigenvalue weighted by Crippen LogP contribution is -2.53. The number of amides is 3. The van der Waals surface area contributed by atoms with Gasteiger partial charge in [-0.2, -0.15) is 0 Å². The number of anilines is 2. The topological polar surface area (TPSA) is 99.4 Å². The maximum absolute atomic E-state index is 14.8. The van der Waals surface area contributed by atoms with Crippen molar-refractivity contribution in [2.24, 2.45) is 5.73 Å². The van der Waals surface area contributed by atoms with E-state index in [4.69, 9.17) is 10.5 Å². The Hall–Kier alpha value is -2.88. The minimum atomic E-state index is -0.543. The first-order valence-electron chi connectivity index (χ1n) is 9.31. The minimum Gasteiger partial charge on any atom is -0.443 e. The van der Waals surface area contributed by atoms with Gasteiger partial charge >= 0.3 is 6.09 Å². The summed E-state index contributed by atoms with van der Waals surface area (Å²) in [6, 6.07) is 4.56. The Labute approximate surface area is 161 Å². The highest BCUT2D eigenvalue weighted by atomic mass is 19.1. The second-order valence-corrected chi connectivity index (χ2v) is 7.01. The van der Waals surface area contributed by atoms with Gasteiger partial charge in [0.05, 0.1) is 31.0 Å². The molecular formula is C18H22FN5O4. The van der Waals surface area contributed by atoms with Crippen LogP contribution in [0.5, 0.6) is 0 Å². The summed E-state index contributed by atoms with van der Waals surface area (Å²) in [5.74, 6) is -0.646. The lowest BCUT2D eigenvalue weighted by Gasteiger charge is -2.36. The summed E-state index contributed by atoms with van der Waals surface area (Å²) >= 11 is 0. The number of benzene rings is 1. The van der Waals surface area contributed by atoms with E-state index in [1.54, 1.807) is 12.1 Å². The van der Waals surface area contributed by atoms with Crippen LogP contribution in [-0.2, 0) is 14.3 Å². The van der Waals surface area contributed by atoms with Crippen LogP contribution < -0.4 is 15.5 Å². The molecule has 1 aromatic rings. The average molecular weight is 391 g/mol. The summed E-state index contributed by atoms with van der Waals surface area (Å²) in [5, 5.41) is 2.93. The predicted octanol–water partition coefficient (Wildman–Crippen LogP) is 0.296. The molecule has 3 amide bonds. The third kappa shape index (κ3) is 3.24. The van der Waals surface area contributed by atoms with Gasteiger partial charge in [-0.3, -0.25) is 14.5 Å². The van der Waals surface area contributed by atoms with Crippen molar-refractivity contribution in [3.63, 3.8) is 0 Å². The molecule has 28 heavy (non-hydrogen) atoms. The first-order valence-corrected chi connectivity index (χ1v) is 9.31. The van der Waals surface area contributed by atoms with Gasteiger partial charge in [-0.25, -0.2) is 19.2 Å². The molecule has 9 nitrogen and oxygen atoms in total. The molecule has 3 aliphatic rings. The lowest BCUT2D eigenvalue weighted by molar-refractivity contribution is -0.169. The lowest BCUT2D eigenvalue weighted by atomic mass is 10.2. The zero-order chi connectivity index (χ0) is 19.8. The van der Waals surface area contributed by atoms with Gasteiger partial charge in [-0.05, 0) is 18.2 Å². The van der Waals surface area contributed by atoms with E-state index in [2.05, 4.69) is 0 Å². The van der Waals surface area contributed by atoms with E-state index < -0.39 is 18.0 Å². The van der Waals surface area contributed by atoms with Gasteiger partial charge in [-0.15, -0.1) is 0 Å². The number of fused-ring (bicyclic) bond motifs is 1. The molecule has 0 unspecified atom stereocenters. The number of cyclic esters (lactones) is 1. The molecule has 0 aromatic heterocycles. The Bertz CT molecular complexity index is 793. The van der Waals surface area contributed by atoms with Crippen molar-refractivity contribution in [1.29, 1.82) is 0 Å². The number of hydrogen-bond donors (Lipinski definition) is 1. The third-order valence-corrected chi connectivity index (χ3v) is 5.30.